The maximum Gasteiger partial charge on any atom is 0.419 e. The summed E-state index contributed by atoms with van der Waals surface area (Å²) in [6, 6.07) is 8.24. The number of carbonyl (C=O) groups is 8. The lowest BCUT2D eigenvalue weighted by Crippen LogP contribution is -2.42. The van der Waals surface area contributed by atoms with E-state index in [1.807, 2.05) is 50.8 Å². The van der Waals surface area contributed by atoms with Crippen LogP contribution >= 0.6 is 45.3 Å². The summed E-state index contributed by atoms with van der Waals surface area (Å²) in [7, 11) is 0. The van der Waals surface area contributed by atoms with Gasteiger partial charge in [0.25, 0.3) is 47.3 Å². The maximum absolute atomic E-state index is 14.2. The van der Waals surface area contributed by atoms with Crippen LogP contribution in [0.3, 0.4) is 0 Å². The molecule has 2 atom stereocenters. The maximum atomic E-state index is 14.2. The van der Waals surface area contributed by atoms with E-state index in [0.29, 0.717) is 103 Å². The molecule has 4 aliphatic carbocycles. The minimum atomic E-state index is -4.68. The number of anilines is 4. The second kappa shape index (κ2) is 48.9. The first-order valence-corrected chi connectivity index (χ1v) is 54.0. The van der Waals surface area contributed by atoms with E-state index in [1.54, 1.807) is 74.8 Å². The third-order valence-corrected chi connectivity index (χ3v) is 31.3. The summed E-state index contributed by atoms with van der Waals surface area (Å²) >= 11 is 4.31. The number of aryl methyl sites for hydroxylation is 3. The molecule has 0 radical (unpaired) electrons. The highest BCUT2D eigenvalue weighted by Gasteiger charge is 2.41. The predicted octanol–water partition coefficient (Wildman–Crippen LogP) is 17.8. The Morgan fingerprint density at radius 2 is 0.639 bits per heavy atom. The van der Waals surface area contributed by atoms with Crippen LogP contribution in [0, 0.1) is 20.8 Å². The van der Waals surface area contributed by atoms with E-state index in [9.17, 15) is 80.7 Å². The van der Waals surface area contributed by atoms with Crippen molar-refractivity contribution in [1.29, 1.82) is 0 Å². The van der Waals surface area contributed by atoms with Gasteiger partial charge in [0, 0.05) is 149 Å². The Kier molecular flexibility index (Phi) is 37.6. The lowest BCUT2D eigenvalue weighted by molar-refractivity contribution is -0.137. The van der Waals surface area contributed by atoms with Gasteiger partial charge in [0.2, 0.25) is 0 Å². The molecule has 8 aliphatic rings. The minimum Gasteiger partial charge on any atom is -0.389 e. The highest BCUT2D eigenvalue weighted by molar-refractivity contribution is 7.18. The molecule has 8 fully saturated rings. The van der Waals surface area contributed by atoms with Crippen LogP contribution in [0.2, 0.25) is 0 Å². The molecule has 4 aliphatic heterocycles. The summed E-state index contributed by atoms with van der Waals surface area (Å²) in [5.41, 5.74) is 0.503. The van der Waals surface area contributed by atoms with Crippen molar-refractivity contribution in [3.8, 4) is 41.8 Å². The van der Waals surface area contributed by atoms with E-state index in [4.69, 9.17) is 0 Å². The fourth-order valence-corrected chi connectivity index (χ4v) is 22.5. The summed E-state index contributed by atoms with van der Waals surface area (Å²) in [6.07, 6.45) is 25.8. The Balaban J connectivity index is 0.000000161. The topological polar surface area (TPSA) is 430 Å². The molecule has 41 heteroatoms. The van der Waals surface area contributed by atoms with Gasteiger partial charge in [-0.05, 0) is 253 Å². The van der Waals surface area contributed by atoms with Gasteiger partial charge in [0.15, 0.2) is 20.0 Å². The molecule has 784 valence electrons. The summed E-state index contributed by atoms with van der Waals surface area (Å²) in [5, 5.41) is 64.4. The number of aromatic nitrogens is 8. The Labute approximate surface area is 855 Å². The Hall–Kier alpha value is -10.4. The van der Waals surface area contributed by atoms with Crippen LogP contribution in [0.5, 0.6) is 0 Å². The molecule has 0 spiro atoms. The van der Waals surface area contributed by atoms with Crippen molar-refractivity contribution in [2.45, 2.75) is 341 Å². The number of thiazole rings is 4. The van der Waals surface area contributed by atoms with Crippen LogP contribution in [0.4, 0.5) is 45.2 Å². The summed E-state index contributed by atoms with van der Waals surface area (Å²) in [6.45, 7) is 25.2. The van der Waals surface area contributed by atoms with Gasteiger partial charge in [-0.25, -0.2) is 48.7 Å². The molecule has 12 heterocycles. The first-order chi connectivity index (χ1) is 68.2. The molecule has 0 bridgehead atoms. The zero-order valence-electron chi connectivity index (χ0n) is 84.8. The molecule has 8 aromatic heterocycles. The van der Waals surface area contributed by atoms with E-state index in [2.05, 4.69) is 89.3 Å². The fourth-order valence-electron chi connectivity index (χ4n) is 18.4. The number of aliphatic hydroxyl groups is 4. The van der Waals surface area contributed by atoms with Gasteiger partial charge < -0.3 is 82.6 Å². The van der Waals surface area contributed by atoms with E-state index in [1.165, 1.54) is 69.9 Å². The number of piperidine rings is 4. The van der Waals surface area contributed by atoms with Gasteiger partial charge in [-0.1, -0.05) is 51.4 Å². The molecule has 8 amide bonds. The van der Waals surface area contributed by atoms with Crippen molar-refractivity contribution < 1.29 is 80.7 Å². The number of pyridine rings is 4. The van der Waals surface area contributed by atoms with Crippen LogP contribution in [0.1, 0.15) is 346 Å². The molecule has 4 saturated heterocycles. The zero-order chi connectivity index (χ0) is 104. The molecule has 4 saturated carbocycles. The number of alkyl halides is 5. The molecular formula is C103H141F5N20O12S4. The summed E-state index contributed by atoms with van der Waals surface area (Å²) in [5.74, 6) is -0.908. The summed E-state index contributed by atoms with van der Waals surface area (Å²) < 4.78 is 69.9. The number of carbonyl (C=O) groups excluding carboxylic acids is 8. The van der Waals surface area contributed by atoms with Gasteiger partial charge in [0.1, 0.15) is 58.4 Å². The third-order valence-electron chi connectivity index (χ3n) is 27.0. The van der Waals surface area contributed by atoms with Crippen molar-refractivity contribution in [2.75, 3.05) is 86.7 Å². The number of rotatable bonds is 28. The minimum absolute atomic E-state index is 0.0517. The predicted molar refractivity (Wildman–Crippen MR) is 552 cm³/mol. The van der Waals surface area contributed by atoms with E-state index < -0.39 is 76.0 Å². The van der Waals surface area contributed by atoms with Crippen molar-refractivity contribution in [3.63, 3.8) is 0 Å². The quantitative estimate of drug-likeness (QED) is 0.0203. The highest BCUT2D eigenvalue weighted by Crippen LogP contribution is 2.44. The second-order valence-corrected chi connectivity index (χ2v) is 46.0. The Bertz CT molecular complexity index is 5790. The first-order valence-electron chi connectivity index (χ1n) is 50.8. The van der Waals surface area contributed by atoms with Crippen molar-refractivity contribution in [1.82, 2.24) is 80.7 Å². The standard InChI is InChI=1S/C27H36F3N5O3S.C27H39N5O3S.C25H34FN5O3S.C24H32FN5O3S/c1-16-9-7-8-12-35(16)25(37)20-21(39-24(34-20)23(36)32-15-26(2,3)38)17-13-19(27(28,29)30)22(31-14-17)33-18-10-5-4-6-11-18;1-17-14-21(30-19-11-6-5-7-12-19)28-15-20(17)23-22(26(34)32-13-9-8-10-18(32)2)31-25(36-23)24(33)29-16-27(3,4)35;1-15-12-19(29-17-6-4-5-7-17)27-13-18(15)21-20(24(33)31-10-8-16(26)9-11-31)30-23(35-21)22(32)28-14-25(2,3)34;1-14-11-18(28-16-5-4-6-16)26-12-17(14)20-19(23(32)30-9-7-15(25)8-10-30)29-22(34-20)21(31)27-13-24(2,3)33/h13-14,16,18,38H,4-12,15H2,1-3H3,(H,31,33)(H,32,36);14-15,18-19,35H,5-13,16H2,1-4H3,(H,28,30)(H,29,33);12-13,16-17,34H,4-11,14H2,1-3H3,(H,27,29)(H,28,32);11-12,15-16,33H,4-10,13H2,1-3H3,(H,26,28)(H,27,31)/t16-;18-;;/m00../s1. The van der Waals surface area contributed by atoms with Crippen LogP contribution in [0.25, 0.3) is 41.8 Å². The van der Waals surface area contributed by atoms with E-state index >= 15 is 0 Å². The Morgan fingerprint density at radius 3 is 0.931 bits per heavy atom. The molecule has 144 heavy (non-hydrogen) atoms. The Morgan fingerprint density at radius 1 is 0.354 bits per heavy atom. The average molecular weight is 2070 g/mol. The number of halogens is 5. The third kappa shape index (κ3) is 30.6. The molecular weight excluding hydrogens is 1930 g/mol. The SMILES string of the molecule is C[C@H]1CCCCN1C(=O)c1nc(C(=O)NCC(C)(C)O)sc1-c1cnc(NC2CCCCC2)c(C(F)(F)F)c1.Cc1cc(NC2CCC2)ncc1-c1sc(C(=O)NCC(C)(C)O)nc1C(=O)N1CCC(F)CC1.Cc1cc(NC2CCCC2)ncc1-c1sc(C(=O)NCC(C)(C)O)nc1C(=O)N1CCC(F)CC1.Cc1cc(NC2CCCCC2)ncc1-c1sc(C(=O)NCC(C)(C)O)nc1C(=O)N1CCCC[C@@H]1C. The van der Waals surface area contributed by atoms with E-state index in [-0.39, 0.29) is 115 Å². The van der Waals surface area contributed by atoms with Gasteiger partial charge in [-0.3, -0.25) is 38.4 Å². The van der Waals surface area contributed by atoms with E-state index in [0.717, 1.165) is 200 Å². The van der Waals surface area contributed by atoms with Gasteiger partial charge in [-0.15, -0.1) is 45.3 Å². The molecule has 8 aromatic rings. The average Bonchev–Trinajstić information content (AvgIpc) is 1.64. The number of likely N-dealkylation sites (tertiary alicyclic amines) is 4. The molecule has 0 unspecified atom stereocenters. The lowest BCUT2D eigenvalue weighted by atomic mass is 9.93. The number of amides is 8. The van der Waals surface area contributed by atoms with Gasteiger partial charge >= 0.3 is 6.18 Å². The largest absolute Gasteiger partial charge is 0.419 e. The second-order valence-electron chi connectivity index (χ2n) is 42.0. The van der Waals surface area contributed by atoms with Gasteiger partial charge in [-0.2, -0.15) is 13.2 Å². The number of nitrogens with zero attached hydrogens (tertiary/aromatic N) is 12. The molecule has 32 nitrogen and oxygen atoms in total. The zero-order valence-corrected chi connectivity index (χ0v) is 88.1. The van der Waals surface area contributed by atoms with Crippen molar-refractivity contribution in [2.24, 2.45) is 0 Å². The van der Waals surface area contributed by atoms with Crippen LogP contribution in [-0.2, 0) is 6.18 Å². The smallest absolute Gasteiger partial charge is 0.389 e. The first kappa shape index (κ1) is 111. The van der Waals surface area contributed by atoms with Crippen molar-refractivity contribution >= 4 is 116 Å². The molecule has 12 N–H and O–H groups in total. The molecule has 16 rings (SSSR count). The number of hydrogen-bond acceptors (Lipinski definition) is 28. The van der Waals surface area contributed by atoms with Crippen molar-refractivity contribution in [3.05, 3.63) is 114 Å². The van der Waals surface area contributed by atoms with Crippen LogP contribution < -0.4 is 42.5 Å². The van der Waals surface area contributed by atoms with Crippen LogP contribution in [-0.4, -0.2) is 264 Å². The fraction of sp³-hybridized carbons (Fsp3) is 0.612. The number of hydrogen-bond donors (Lipinski definition) is 12. The summed E-state index contributed by atoms with van der Waals surface area (Å²) in [4.78, 5) is 150. The van der Waals surface area contributed by atoms with Crippen LogP contribution in [0.15, 0.2) is 49.1 Å². The van der Waals surface area contributed by atoms with Gasteiger partial charge in [0.05, 0.1) is 47.5 Å². The molecule has 0 aromatic carbocycles. The number of nitrogens with one attached hydrogen (secondary N) is 8. The lowest BCUT2D eigenvalue weighted by Gasteiger charge is -2.33. The monoisotopic (exact) mass is 2070 g/mol. The highest BCUT2D eigenvalue weighted by atomic mass is 32.1. The normalized spacial score (nSPS) is 18.4.